The molecule has 3 rings (SSSR count). The third kappa shape index (κ3) is 3.08. The van der Waals surface area contributed by atoms with Gasteiger partial charge < -0.3 is 5.73 Å². The lowest BCUT2D eigenvalue weighted by atomic mass is 10.1. The molecule has 0 unspecified atom stereocenters. The van der Waals surface area contributed by atoms with Gasteiger partial charge in [0.15, 0.2) is 0 Å². The van der Waals surface area contributed by atoms with Gasteiger partial charge in [-0.25, -0.2) is 4.68 Å². The normalized spacial score (nSPS) is 11.0. The minimum absolute atomic E-state index is 0.111. The summed E-state index contributed by atoms with van der Waals surface area (Å²) in [6.45, 7) is 0. The van der Waals surface area contributed by atoms with Gasteiger partial charge >= 0.3 is 0 Å². The number of amides is 1. The largest absolute Gasteiger partial charge is 0.365 e. The number of nitrogens with zero attached hydrogens (tertiary/aromatic N) is 3. The molecule has 116 valence electrons. The van der Waals surface area contributed by atoms with Gasteiger partial charge in [-0.3, -0.25) is 4.79 Å². The van der Waals surface area contributed by atoms with E-state index in [1.807, 2.05) is 66.7 Å². The molecule has 1 heterocycles. The molecule has 0 atom stereocenters. The van der Waals surface area contributed by atoms with Crippen molar-refractivity contribution >= 4 is 12.0 Å². The Labute approximate surface area is 139 Å². The van der Waals surface area contributed by atoms with Crippen molar-refractivity contribution in [3.8, 4) is 23.0 Å². The van der Waals surface area contributed by atoms with E-state index in [4.69, 9.17) is 11.0 Å². The topological polar surface area (TPSA) is 84.7 Å². The Kier molecular flexibility index (Phi) is 4.21. The monoisotopic (exact) mass is 314 g/mol. The van der Waals surface area contributed by atoms with Crippen LogP contribution >= 0.6 is 0 Å². The molecule has 0 aliphatic carbocycles. The fourth-order valence-electron chi connectivity index (χ4n) is 2.34. The number of nitrogens with two attached hydrogens (primary N) is 1. The summed E-state index contributed by atoms with van der Waals surface area (Å²) in [7, 11) is 0. The number of hydrogen-bond acceptors (Lipinski definition) is 3. The number of rotatable bonds is 4. The van der Waals surface area contributed by atoms with E-state index in [0.717, 1.165) is 11.3 Å². The summed E-state index contributed by atoms with van der Waals surface area (Å²) in [5.41, 5.74) is 8.23. The zero-order valence-corrected chi connectivity index (χ0v) is 12.8. The van der Waals surface area contributed by atoms with Gasteiger partial charge in [0.2, 0.25) is 0 Å². The zero-order chi connectivity index (χ0) is 16.9. The molecule has 0 aliphatic rings. The second-order valence-electron chi connectivity index (χ2n) is 5.11. The summed E-state index contributed by atoms with van der Waals surface area (Å²) in [4.78, 5) is 11.4. The lowest BCUT2D eigenvalue weighted by molar-refractivity contribution is -0.114. The minimum atomic E-state index is -0.760. The summed E-state index contributed by atoms with van der Waals surface area (Å²) in [5.74, 6) is -0.760. The van der Waals surface area contributed by atoms with E-state index in [2.05, 4.69) is 5.10 Å². The molecule has 0 saturated heterocycles. The molecule has 3 aromatic rings. The Bertz CT molecular complexity index is 935. The van der Waals surface area contributed by atoms with Crippen molar-refractivity contribution in [1.82, 2.24) is 9.78 Å². The SMILES string of the molecule is N#C/C(=C\c1cn(-c2ccccc2)nc1-c1ccccc1)C(N)=O. The van der Waals surface area contributed by atoms with E-state index in [0.29, 0.717) is 11.3 Å². The Morgan fingerprint density at radius 3 is 2.29 bits per heavy atom. The summed E-state index contributed by atoms with van der Waals surface area (Å²) in [5, 5.41) is 13.7. The second-order valence-corrected chi connectivity index (χ2v) is 5.11. The average Bonchev–Trinajstić information content (AvgIpc) is 3.05. The first-order valence-corrected chi connectivity index (χ1v) is 7.31. The van der Waals surface area contributed by atoms with E-state index in [-0.39, 0.29) is 5.57 Å². The quantitative estimate of drug-likeness (QED) is 0.593. The molecule has 24 heavy (non-hydrogen) atoms. The van der Waals surface area contributed by atoms with Crippen LogP contribution in [0.15, 0.2) is 72.4 Å². The van der Waals surface area contributed by atoms with Crippen molar-refractivity contribution in [2.75, 3.05) is 0 Å². The first-order chi connectivity index (χ1) is 11.7. The molecule has 0 bridgehead atoms. The molecule has 0 saturated carbocycles. The second kappa shape index (κ2) is 6.63. The van der Waals surface area contributed by atoms with Crippen LogP contribution in [0.2, 0.25) is 0 Å². The molecule has 2 N–H and O–H groups in total. The Hall–Kier alpha value is -3.65. The van der Waals surface area contributed by atoms with Crippen LogP contribution in [0.4, 0.5) is 0 Å². The predicted octanol–water partition coefficient (Wildman–Crippen LogP) is 2.93. The molecule has 0 aliphatic heterocycles. The van der Waals surface area contributed by atoms with Gasteiger partial charge in [-0.1, -0.05) is 48.5 Å². The number of para-hydroxylation sites is 1. The highest BCUT2D eigenvalue weighted by Crippen LogP contribution is 2.25. The number of carbonyl (C=O) groups is 1. The Balaban J connectivity index is 2.18. The maximum Gasteiger partial charge on any atom is 0.259 e. The van der Waals surface area contributed by atoms with Crippen LogP contribution in [0.1, 0.15) is 5.56 Å². The van der Waals surface area contributed by atoms with Crippen molar-refractivity contribution in [2.24, 2.45) is 5.73 Å². The average molecular weight is 314 g/mol. The van der Waals surface area contributed by atoms with E-state index < -0.39 is 5.91 Å². The van der Waals surface area contributed by atoms with E-state index >= 15 is 0 Å². The van der Waals surface area contributed by atoms with Crippen molar-refractivity contribution in [1.29, 1.82) is 5.26 Å². The fourth-order valence-corrected chi connectivity index (χ4v) is 2.34. The fraction of sp³-hybridized carbons (Fsp3) is 0. The molecule has 1 amide bonds. The molecule has 5 heteroatoms. The van der Waals surface area contributed by atoms with Crippen LogP contribution in [-0.2, 0) is 4.79 Å². The molecule has 0 spiro atoms. The highest BCUT2D eigenvalue weighted by molar-refractivity contribution is 6.01. The maximum atomic E-state index is 11.4. The molecule has 2 aromatic carbocycles. The van der Waals surface area contributed by atoms with Gasteiger partial charge in [-0.2, -0.15) is 10.4 Å². The number of carbonyl (C=O) groups excluding carboxylic acids is 1. The summed E-state index contributed by atoms with van der Waals surface area (Å²) in [6.07, 6.45) is 3.25. The van der Waals surface area contributed by atoms with Crippen LogP contribution in [0.25, 0.3) is 23.0 Å². The van der Waals surface area contributed by atoms with Gasteiger partial charge in [0.05, 0.1) is 11.4 Å². The minimum Gasteiger partial charge on any atom is -0.365 e. The van der Waals surface area contributed by atoms with Crippen LogP contribution < -0.4 is 5.73 Å². The van der Waals surface area contributed by atoms with E-state index in [1.165, 1.54) is 6.08 Å². The van der Waals surface area contributed by atoms with Crippen molar-refractivity contribution < 1.29 is 4.79 Å². The zero-order valence-electron chi connectivity index (χ0n) is 12.8. The summed E-state index contributed by atoms with van der Waals surface area (Å²) >= 11 is 0. The van der Waals surface area contributed by atoms with Gasteiger partial charge in [0, 0.05) is 17.3 Å². The first-order valence-electron chi connectivity index (χ1n) is 7.31. The standard InChI is InChI=1S/C19H14N4O/c20-12-15(19(21)24)11-16-13-23(17-9-5-2-6-10-17)22-18(16)14-7-3-1-4-8-14/h1-11,13H,(H2,21,24)/b15-11+. The number of benzene rings is 2. The molecule has 0 fully saturated rings. The lowest BCUT2D eigenvalue weighted by Gasteiger charge is -2.00. The van der Waals surface area contributed by atoms with Crippen LogP contribution in [0.3, 0.4) is 0 Å². The number of nitriles is 1. The highest BCUT2D eigenvalue weighted by atomic mass is 16.1. The van der Waals surface area contributed by atoms with Gasteiger partial charge in [0.1, 0.15) is 11.6 Å². The number of hydrogen-bond donors (Lipinski definition) is 1. The summed E-state index contributed by atoms with van der Waals surface area (Å²) < 4.78 is 1.71. The van der Waals surface area contributed by atoms with Crippen LogP contribution in [-0.4, -0.2) is 15.7 Å². The molecule has 5 nitrogen and oxygen atoms in total. The molecule has 0 radical (unpaired) electrons. The number of aromatic nitrogens is 2. The number of primary amides is 1. The van der Waals surface area contributed by atoms with Crippen LogP contribution in [0.5, 0.6) is 0 Å². The third-order valence-corrected chi connectivity index (χ3v) is 3.50. The molecule has 1 aromatic heterocycles. The third-order valence-electron chi connectivity index (χ3n) is 3.50. The van der Waals surface area contributed by atoms with Gasteiger partial charge in [-0.05, 0) is 18.2 Å². The highest BCUT2D eigenvalue weighted by Gasteiger charge is 2.13. The maximum absolute atomic E-state index is 11.4. The van der Waals surface area contributed by atoms with Crippen LogP contribution in [0, 0.1) is 11.3 Å². The predicted molar refractivity (Wildman–Crippen MR) is 91.8 cm³/mol. The van der Waals surface area contributed by atoms with Gasteiger partial charge in [-0.15, -0.1) is 0 Å². The van der Waals surface area contributed by atoms with Gasteiger partial charge in [0.25, 0.3) is 5.91 Å². The van der Waals surface area contributed by atoms with E-state index in [9.17, 15) is 4.79 Å². The van der Waals surface area contributed by atoms with Crippen molar-refractivity contribution in [3.05, 3.63) is 78.0 Å². The molecular formula is C19H14N4O. The Morgan fingerprint density at radius 2 is 1.71 bits per heavy atom. The van der Waals surface area contributed by atoms with E-state index in [1.54, 1.807) is 10.9 Å². The van der Waals surface area contributed by atoms with Crippen molar-refractivity contribution in [2.45, 2.75) is 0 Å². The first kappa shape index (κ1) is 15.3. The molecular weight excluding hydrogens is 300 g/mol. The lowest BCUT2D eigenvalue weighted by Crippen LogP contribution is -2.12. The van der Waals surface area contributed by atoms with Crippen molar-refractivity contribution in [3.63, 3.8) is 0 Å². The summed E-state index contributed by atoms with van der Waals surface area (Å²) in [6, 6.07) is 21.0. The smallest absolute Gasteiger partial charge is 0.259 e. The Morgan fingerprint density at radius 1 is 1.08 bits per heavy atom.